The number of hydrogen-bond acceptors (Lipinski definition) is 6. The van der Waals surface area contributed by atoms with Gasteiger partial charge in [-0.05, 0) is 59.2 Å². The summed E-state index contributed by atoms with van der Waals surface area (Å²) in [6.07, 6.45) is 4.94. The third-order valence-corrected chi connectivity index (χ3v) is 7.92. The molecule has 0 bridgehead atoms. The van der Waals surface area contributed by atoms with Gasteiger partial charge < -0.3 is 24.2 Å². The van der Waals surface area contributed by atoms with Gasteiger partial charge >= 0.3 is 0 Å². The first-order valence-electron chi connectivity index (χ1n) is 12.6. The predicted molar refractivity (Wildman–Crippen MR) is 150 cm³/mol. The lowest BCUT2D eigenvalue weighted by Crippen LogP contribution is -2.36. The highest BCUT2D eigenvalue weighted by Gasteiger charge is 2.20. The van der Waals surface area contributed by atoms with Crippen LogP contribution in [0.25, 0.3) is 0 Å². The van der Waals surface area contributed by atoms with Crippen LogP contribution < -0.4 is 9.80 Å². The maximum atomic E-state index is 11.6. The van der Waals surface area contributed by atoms with Crippen LogP contribution in [-0.2, 0) is 33.7 Å². The molecule has 1 amide bonds. The van der Waals surface area contributed by atoms with Crippen molar-refractivity contribution < 1.29 is 14.3 Å². The molecule has 36 heavy (non-hydrogen) atoms. The summed E-state index contributed by atoms with van der Waals surface area (Å²) in [5, 5.41) is 1.06. The number of benzene rings is 2. The molecule has 2 aliphatic rings. The number of anilines is 2. The van der Waals surface area contributed by atoms with Crippen molar-refractivity contribution in [2.75, 3.05) is 62.9 Å². The number of morpholine rings is 1. The predicted octanol–water partition coefficient (Wildman–Crippen LogP) is 4.84. The topological polar surface area (TPSA) is 45.2 Å². The Balaban J connectivity index is 1.38. The van der Waals surface area contributed by atoms with Gasteiger partial charge in [-0.2, -0.15) is 0 Å². The molecule has 2 aliphatic heterocycles. The SMILES string of the molecule is C=C(S/C(=C\C)Cc1cccc(N2CCOCC2)c1)N1CCc2ccc(N(C=O)CCOC)cc2C1. The van der Waals surface area contributed by atoms with Crippen molar-refractivity contribution in [2.45, 2.75) is 26.3 Å². The number of amides is 1. The van der Waals surface area contributed by atoms with Gasteiger partial charge in [0.15, 0.2) is 0 Å². The van der Waals surface area contributed by atoms with Crippen LogP contribution in [0.3, 0.4) is 0 Å². The maximum absolute atomic E-state index is 11.6. The van der Waals surface area contributed by atoms with Gasteiger partial charge in [0.1, 0.15) is 0 Å². The molecular weight excluding hydrogens is 470 g/mol. The highest BCUT2D eigenvalue weighted by molar-refractivity contribution is 8.06. The van der Waals surface area contributed by atoms with Gasteiger partial charge in [0.2, 0.25) is 6.41 Å². The van der Waals surface area contributed by atoms with E-state index in [0.717, 1.165) is 69.4 Å². The Labute approximate surface area is 219 Å². The zero-order valence-corrected chi connectivity index (χ0v) is 22.3. The minimum absolute atomic E-state index is 0.511. The minimum atomic E-state index is 0.511. The van der Waals surface area contributed by atoms with Crippen LogP contribution >= 0.6 is 11.8 Å². The van der Waals surface area contributed by atoms with Crippen LogP contribution in [0.2, 0.25) is 0 Å². The van der Waals surface area contributed by atoms with Gasteiger partial charge in [-0.3, -0.25) is 4.79 Å². The second kappa shape index (κ2) is 13.0. The molecule has 1 fully saturated rings. The molecule has 192 valence electrons. The van der Waals surface area contributed by atoms with Crippen LogP contribution in [0.4, 0.5) is 11.4 Å². The Morgan fingerprint density at radius 2 is 2.00 bits per heavy atom. The van der Waals surface area contributed by atoms with Gasteiger partial charge in [-0.1, -0.05) is 42.6 Å². The molecule has 0 aliphatic carbocycles. The lowest BCUT2D eigenvalue weighted by Gasteiger charge is -2.33. The molecule has 2 heterocycles. The van der Waals surface area contributed by atoms with E-state index in [4.69, 9.17) is 9.47 Å². The summed E-state index contributed by atoms with van der Waals surface area (Å²) in [7, 11) is 1.65. The molecule has 6 nitrogen and oxygen atoms in total. The molecule has 0 radical (unpaired) electrons. The highest BCUT2D eigenvalue weighted by atomic mass is 32.2. The van der Waals surface area contributed by atoms with Gasteiger partial charge in [-0.15, -0.1) is 0 Å². The monoisotopic (exact) mass is 507 g/mol. The molecule has 0 atom stereocenters. The fraction of sp³-hybridized carbons (Fsp3) is 0.414. The first-order chi connectivity index (χ1) is 17.6. The van der Waals surface area contributed by atoms with Crippen molar-refractivity contribution in [2.24, 2.45) is 0 Å². The number of methoxy groups -OCH3 is 1. The van der Waals surface area contributed by atoms with Crippen molar-refractivity contribution in [1.82, 2.24) is 4.90 Å². The Kier molecular flexibility index (Phi) is 9.50. The van der Waals surface area contributed by atoms with E-state index in [1.54, 1.807) is 23.8 Å². The van der Waals surface area contributed by atoms with Crippen molar-refractivity contribution in [1.29, 1.82) is 0 Å². The van der Waals surface area contributed by atoms with Crippen molar-refractivity contribution in [3.8, 4) is 0 Å². The van der Waals surface area contributed by atoms with Crippen molar-refractivity contribution >= 4 is 29.5 Å². The average Bonchev–Trinajstić information content (AvgIpc) is 2.93. The largest absolute Gasteiger partial charge is 0.383 e. The molecule has 2 aromatic carbocycles. The number of carbonyl (C=O) groups is 1. The van der Waals surface area contributed by atoms with Gasteiger partial charge in [0.05, 0.1) is 24.8 Å². The normalized spacial score (nSPS) is 16.0. The lowest BCUT2D eigenvalue weighted by atomic mass is 9.99. The summed E-state index contributed by atoms with van der Waals surface area (Å²) in [4.78, 5) is 19.3. The smallest absolute Gasteiger partial charge is 0.214 e. The standard InChI is InChI=1S/C29H37N3O3S/c1-4-29(19-24-6-5-7-27(18-24)30-13-16-35-17-14-30)36-23(2)31-11-10-25-8-9-28(20-26(25)21-31)32(22-33)12-15-34-3/h4-9,18,20,22H,2,10-17,19,21H2,1,3H3/b29-4-. The molecule has 0 N–H and O–H groups in total. The average molecular weight is 508 g/mol. The number of carbonyl (C=O) groups excluding carboxylic acids is 1. The van der Waals surface area contributed by atoms with Crippen LogP contribution in [0.15, 0.2) is 65.1 Å². The second-order valence-corrected chi connectivity index (χ2v) is 10.3. The zero-order valence-electron chi connectivity index (χ0n) is 21.4. The Morgan fingerprint density at radius 3 is 2.75 bits per heavy atom. The highest BCUT2D eigenvalue weighted by Crippen LogP contribution is 2.34. The third-order valence-electron chi connectivity index (χ3n) is 6.79. The van der Waals surface area contributed by atoms with E-state index in [-0.39, 0.29) is 0 Å². The summed E-state index contributed by atoms with van der Waals surface area (Å²) in [6.45, 7) is 12.8. The Morgan fingerprint density at radius 1 is 1.17 bits per heavy atom. The molecular formula is C29H37N3O3S. The van der Waals surface area contributed by atoms with Crippen molar-refractivity contribution in [3.63, 3.8) is 0 Å². The quantitative estimate of drug-likeness (QED) is 0.406. The van der Waals surface area contributed by atoms with E-state index in [2.05, 4.69) is 65.8 Å². The van der Waals surface area contributed by atoms with E-state index >= 15 is 0 Å². The number of rotatable bonds is 11. The summed E-state index contributed by atoms with van der Waals surface area (Å²) in [6, 6.07) is 15.2. The van der Waals surface area contributed by atoms with Crippen LogP contribution in [0.1, 0.15) is 23.6 Å². The number of allylic oxidation sites excluding steroid dienone is 2. The fourth-order valence-corrected chi connectivity index (χ4v) is 5.61. The van der Waals surface area contributed by atoms with E-state index < -0.39 is 0 Å². The van der Waals surface area contributed by atoms with Crippen LogP contribution in [0, 0.1) is 0 Å². The molecule has 2 aromatic rings. The van der Waals surface area contributed by atoms with Crippen LogP contribution in [0.5, 0.6) is 0 Å². The summed E-state index contributed by atoms with van der Waals surface area (Å²) in [5.41, 5.74) is 6.09. The van der Waals surface area contributed by atoms with Gasteiger partial charge in [-0.25, -0.2) is 0 Å². The first-order valence-corrected chi connectivity index (χ1v) is 13.4. The number of nitrogens with zero attached hydrogens (tertiary/aromatic N) is 3. The van der Waals surface area contributed by atoms with Gasteiger partial charge in [0, 0.05) is 57.6 Å². The molecule has 1 saturated heterocycles. The fourth-order valence-electron chi connectivity index (χ4n) is 4.67. The zero-order chi connectivity index (χ0) is 25.3. The summed E-state index contributed by atoms with van der Waals surface area (Å²) < 4.78 is 10.7. The van der Waals surface area contributed by atoms with Crippen molar-refractivity contribution in [3.05, 3.63) is 81.7 Å². The van der Waals surface area contributed by atoms with Gasteiger partial charge in [0.25, 0.3) is 0 Å². The summed E-state index contributed by atoms with van der Waals surface area (Å²) in [5.74, 6) is 0. The minimum Gasteiger partial charge on any atom is -0.383 e. The number of hydrogen-bond donors (Lipinski definition) is 0. The first kappa shape index (κ1) is 26.3. The Hall–Kier alpha value is -2.74. The van der Waals surface area contributed by atoms with E-state index in [9.17, 15) is 4.79 Å². The Bertz CT molecular complexity index is 1080. The lowest BCUT2D eigenvalue weighted by molar-refractivity contribution is -0.107. The van der Waals surface area contributed by atoms with Crippen LogP contribution in [-0.4, -0.2) is 64.4 Å². The number of fused-ring (bicyclic) bond motifs is 1. The number of ether oxygens (including phenoxy) is 2. The van der Waals surface area contributed by atoms with E-state index in [0.29, 0.717) is 13.2 Å². The summed E-state index contributed by atoms with van der Waals surface area (Å²) >= 11 is 1.76. The second-order valence-electron chi connectivity index (χ2n) is 9.11. The molecule has 0 saturated carbocycles. The maximum Gasteiger partial charge on any atom is 0.214 e. The molecule has 4 rings (SSSR count). The van der Waals surface area contributed by atoms with E-state index in [1.165, 1.54) is 27.3 Å². The van der Waals surface area contributed by atoms with E-state index in [1.807, 2.05) is 6.07 Å². The molecule has 0 spiro atoms. The molecule has 0 aromatic heterocycles. The molecule has 0 unspecified atom stereocenters. The third kappa shape index (κ3) is 6.72. The number of thioether (sulfide) groups is 1. The molecule has 7 heteroatoms.